The number of ether oxygens (including phenoxy) is 1. The van der Waals surface area contributed by atoms with E-state index in [0.717, 1.165) is 5.69 Å². The summed E-state index contributed by atoms with van der Waals surface area (Å²) in [5.74, 6) is 0. The molecule has 0 aliphatic heterocycles. The molecule has 0 aliphatic carbocycles. The van der Waals surface area contributed by atoms with Gasteiger partial charge in [0.25, 0.3) is 5.56 Å². The molecule has 0 amide bonds. The van der Waals surface area contributed by atoms with Crippen LogP contribution in [-0.4, -0.2) is 33.7 Å². The van der Waals surface area contributed by atoms with Crippen LogP contribution in [0, 0.1) is 11.3 Å². The van der Waals surface area contributed by atoms with Crippen LogP contribution in [0.4, 0.5) is 0 Å². The van der Waals surface area contributed by atoms with Crippen LogP contribution in [0.2, 0.25) is 0 Å². The van der Waals surface area contributed by atoms with E-state index in [1.165, 1.54) is 4.68 Å². The lowest BCUT2D eigenvalue weighted by Crippen LogP contribution is -2.34. The van der Waals surface area contributed by atoms with Crippen LogP contribution in [0.1, 0.15) is 44.5 Å². The monoisotopic (exact) mass is 293 g/mol. The molecule has 6 heteroatoms. The van der Waals surface area contributed by atoms with Gasteiger partial charge in [0.05, 0.1) is 31.1 Å². The third kappa shape index (κ3) is 4.38. The fraction of sp³-hybridized carbons (Fsp3) is 0.667. The first-order valence-corrected chi connectivity index (χ1v) is 7.27. The molecule has 116 valence electrons. The zero-order valence-corrected chi connectivity index (χ0v) is 13.1. The van der Waals surface area contributed by atoms with Gasteiger partial charge in [0.15, 0.2) is 0 Å². The van der Waals surface area contributed by atoms with Gasteiger partial charge in [0.1, 0.15) is 11.6 Å². The van der Waals surface area contributed by atoms with Crippen LogP contribution in [0.25, 0.3) is 0 Å². The smallest absolute Gasteiger partial charge is 0.285 e. The molecule has 6 nitrogen and oxygen atoms in total. The van der Waals surface area contributed by atoms with E-state index >= 15 is 0 Å². The summed E-state index contributed by atoms with van der Waals surface area (Å²) in [5.41, 5.74) is 1.11. The predicted octanol–water partition coefficient (Wildman–Crippen LogP) is 1.03. The lowest BCUT2D eigenvalue weighted by molar-refractivity contribution is -0.00266. The number of aromatic nitrogens is 2. The molecule has 0 spiro atoms. The van der Waals surface area contributed by atoms with Crippen LogP contribution >= 0.6 is 0 Å². The highest BCUT2D eigenvalue weighted by molar-refractivity contribution is 5.37. The van der Waals surface area contributed by atoms with Gasteiger partial charge in [-0.25, -0.2) is 4.68 Å². The Hall–Kier alpha value is -1.71. The van der Waals surface area contributed by atoms with Gasteiger partial charge in [-0.05, 0) is 32.3 Å². The van der Waals surface area contributed by atoms with Gasteiger partial charge in [-0.1, -0.05) is 13.8 Å². The Labute approximate surface area is 125 Å². The second-order valence-electron chi connectivity index (χ2n) is 5.14. The fourth-order valence-corrected chi connectivity index (χ4v) is 2.11. The third-order valence-electron chi connectivity index (χ3n) is 3.15. The van der Waals surface area contributed by atoms with Crippen molar-refractivity contribution < 1.29 is 9.84 Å². The molecule has 0 saturated heterocycles. The second kappa shape index (κ2) is 7.91. The molecule has 0 aliphatic rings. The minimum Gasteiger partial charge on any atom is -0.389 e. The largest absolute Gasteiger partial charge is 0.389 e. The molecule has 1 N–H and O–H groups in total. The molecule has 1 aromatic heterocycles. The first-order valence-electron chi connectivity index (χ1n) is 7.27. The number of nitrogens with zero attached hydrogens (tertiary/aromatic N) is 3. The highest BCUT2D eigenvalue weighted by Crippen LogP contribution is 2.10. The Kier molecular flexibility index (Phi) is 6.53. The number of aliphatic hydroxyl groups is 1. The molecule has 0 unspecified atom stereocenters. The maximum absolute atomic E-state index is 12.2. The molecule has 1 aromatic rings. The van der Waals surface area contributed by atoms with Crippen molar-refractivity contribution in [2.45, 2.75) is 59.3 Å². The van der Waals surface area contributed by atoms with Crippen LogP contribution in [0.15, 0.2) is 4.79 Å². The number of aryl methyl sites for hydroxylation is 1. The van der Waals surface area contributed by atoms with Crippen molar-refractivity contribution in [3.63, 3.8) is 0 Å². The van der Waals surface area contributed by atoms with E-state index in [1.54, 1.807) is 0 Å². The van der Waals surface area contributed by atoms with E-state index < -0.39 is 11.7 Å². The highest BCUT2D eigenvalue weighted by atomic mass is 16.5. The SMILES string of the molecule is CCc1nn(C[C@@H](O)COC(C)C)c(=O)c(C#N)c1CC. The standard InChI is InChI=1S/C15H23N3O3/c1-5-12-13(7-16)15(20)18(17-14(12)6-2)8-11(19)9-21-10(3)4/h10-11,19H,5-6,8-9H2,1-4H3/t11-/m1/s1. The molecule has 1 heterocycles. The molecule has 0 saturated carbocycles. The molecule has 0 fully saturated rings. The Morgan fingerprint density at radius 1 is 1.38 bits per heavy atom. The van der Waals surface area contributed by atoms with E-state index in [4.69, 9.17) is 4.74 Å². The Bertz CT molecular complexity index is 573. The van der Waals surface area contributed by atoms with Gasteiger partial charge >= 0.3 is 0 Å². The number of hydrogen-bond acceptors (Lipinski definition) is 5. The number of aliphatic hydroxyl groups excluding tert-OH is 1. The minimum atomic E-state index is -0.832. The molecule has 1 atom stereocenters. The molecule has 21 heavy (non-hydrogen) atoms. The molecule has 0 bridgehead atoms. The average Bonchev–Trinajstić information content (AvgIpc) is 2.46. The van der Waals surface area contributed by atoms with Gasteiger partial charge in [-0.3, -0.25) is 4.79 Å². The normalized spacial score (nSPS) is 12.4. The fourth-order valence-electron chi connectivity index (χ4n) is 2.11. The predicted molar refractivity (Wildman–Crippen MR) is 79.1 cm³/mol. The minimum absolute atomic E-state index is 0.00710. The second-order valence-corrected chi connectivity index (χ2v) is 5.14. The van der Waals surface area contributed by atoms with Gasteiger partial charge in [-0.15, -0.1) is 0 Å². The Morgan fingerprint density at radius 2 is 2.05 bits per heavy atom. The van der Waals surface area contributed by atoms with Gasteiger partial charge in [0, 0.05) is 0 Å². The van der Waals surface area contributed by atoms with Crippen LogP contribution in [-0.2, 0) is 24.1 Å². The van der Waals surface area contributed by atoms with Gasteiger partial charge < -0.3 is 9.84 Å². The van der Waals surface area contributed by atoms with Crippen molar-refractivity contribution in [3.05, 3.63) is 27.2 Å². The van der Waals surface area contributed by atoms with Crippen molar-refractivity contribution in [2.75, 3.05) is 6.61 Å². The van der Waals surface area contributed by atoms with Crippen LogP contribution in [0.5, 0.6) is 0 Å². The highest BCUT2D eigenvalue weighted by Gasteiger charge is 2.17. The van der Waals surface area contributed by atoms with Gasteiger partial charge in [-0.2, -0.15) is 10.4 Å². The van der Waals surface area contributed by atoms with E-state index in [0.29, 0.717) is 18.4 Å². The maximum Gasteiger partial charge on any atom is 0.285 e. The van der Waals surface area contributed by atoms with Crippen LogP contribution in [0.3, 0.4) is 0 Å². The van der Waals surface area contributed by atoms with E-state index in [-0.39, 0.29) is 24.8 Å². The summed E-state index contributed by atoms with van der Waals surface area (Å²) in [4.78, 5) is 12.2. The molecule has 0 radical (unpaired) electrons. The Balaban J connectivity index is 3.09. The number of nitriles is 1. The van der Waals surface area contributed by atoms with Crippen LogP contribution < -0.4 is 5.56 Å². The number of rotatable bonds is 7. The summed E-state index contributed by atoms with van der Waals surface area (Å²) in [5, 5.41) is 23.4. The summed E-state index contributed by atoms with van der Waals surface area (Å²) >= 11 is 0. The van der Waals surface area contributed by atoms with Crippen molar-refractivity contribution >= 4 is 0 Å². The zero-order valence-electron chi connectivity index (χ0n) is 13.1. The Morgan fingerprint density at radius 3 is 2.52 bits per heavy atom. The zero-order chi connectivity index (χ0) is 16.0. The van der Waals surface area contributed by atoms with Crippen molar-refractivity contribution in [3.8, 4) is 6.07 Å². The number of hydrogen-bond donors (Lipinski definition) is 1. The molecular formula is C15H23N3O3. The molecule has 1 rings (SSSR count). The van der Waals surface area contributed by atoms with E-state index in [2.05, 4.69) is 5.10 Å². The first-order chi connectivity index (χ1) is 9.94. The van der Waals surface area contributed by atoms with Crippen molar-refractivity contribution in [1.29, 1.82) is 5.26 Å². The molecule has 0 aromatic carbocycles. The summed E-state index contributed by atoms with van der Waals surface area (Å²) in [6.07, 6.45) is 0.402. The summed E-state index contributed by atoms with van der Waals surface area (Å²) in [6.45, 7) is 7.72. The third-order valence-corrected chi connectivity index (χ3v) is 3.15. The first kappa shape index (κ1) is 17.3. The van der Waals surface area contributed by atoms with E-state index in [9.17, 15) is 15.2 Å². The van der Waals surface area contributed by atoms with Crippen molar-refractivity contribution in [1.82, 2.24) is 9.78 Å². The summed E-state index contributed by atoms with van der Waals surface area (Å²) in [7, 11) is 0. The van der Waals surface area contributed by atoms with Gasteiger partial charge in [0.2, 0.25) is 0 Å². The van der Waals surface area contributed by atoms with E-state index in [1.807, 2.05) is 33.8 Å². The maximum atomic E-state index is 12.2. The van der Waals surface area contributed by atoms with Crippen molar-refractivity contribution in [2.24, 2.45) is 0 Å². The molecular weight excluding hydrogens is 270 g/mol. The lowest BCUT2D eigenvalue weighted by Gasteiger charge is -2.16. The summed E-state index contributed by atoms with van der Waals surface area (Å²) < 4.78 is 6.49. The topological polar surface area (TPSA) is 88.1 Å². The quantitative estimate of drug-likeness (QED) is 0.811. The lowest BCUT2D eigenvalue weighted by atomic mass is 10.0. The summed E-state index contributed by atoms with van der Waals surface area (Å²) in [6, 6.07) is 1.97. The average molecular weight is 293 g/mol.